The zero-order chi connectivity index (χ0) is 21.8. The molecule has 2 N–H and O–H groups in total. The Hall–Kier alpha value is -4.39. The highest BCUT2D eigenvalue weighted by atomic mass is 16.5. The fourth-order valence-corrected chi connectivity index (χ4v) is 3.09. The van der Waals surface area contributed by atoms with Gasteiger partial charge in [0, 0.05) is 0 Å². The molecule has 1 heterocycles. The molecule has 0 bridgehead atoms. The summed E-state index contributed by atoms with van der Waals surface area (Å²) in [6.07, 6.45) is 1.52. The lowest BCUT2D eigenvalue weighted by atomic mass is 10.1. The van der Waals surface area contributed by atoms with Gasteiger partial charge in [0.05, 0.1) is 11.3 Å². The van der Waals surface area contributed by atoms with Crippen LogP contribution in [-0.4, -0.2) is 22.9 Å². The zero-order valence-electron chi connectivity index (χ0n) is 16.3. The van der Waals surface area contributed by atoms with E-state index >= 15 is 0 Å². The van der Waals surface area contributed by atoms with Gasteiger partial charge in [0.15, 0.2) is 0 Å². The van der Waals surface area contributed by atoms with Gasteiger partial charge in [-0.3, -0.25) is 15.0 Å². The number of aromatic carboxylic acids is 1. The van der Waals surface area contributed by atoms with Gasteiger partial charge < -0.3 is 9.84 Å². The number of nitrogens with zero attached hydrogens (tertiary/aromatic N) is 1. The standard InChI is InChI=1S/C24H18N2O5/c27-22-21(23(28)26(25-22)19-6-2-1-3-7-19)14-17-5-4-8-20(13-17)31-15-16-9-11-18(12-10-16)24(29)30/h1-14H,15H2,(H,25,27)(H,29,30). The SMILES string of the molecule is O=C1NN(c2ccccc2)C(=O)C1=Cc1cccc(OCc2ccc(C(=O)O)cc2)c1. The monoisotopic (exact) mass is 414 g/mol. The molecule has 0 unspecified atom stereocenters. The fourth-order valence-electron chi connectivity index (χ4n) is 3.09. The van der Waals surface area contributed by atoms with Crippen LogP contribution >= 0.6 is 0 Å². The third kappa shape index (κ3) is 4.45. The molecule has 1 aliphatic heterocycles. The number of anilines is 1. The van der Waals surface area contributed by atoms with E-state index in [1.54, 1.807) is 60.7 Å². The highest BCUT2D eigenvalue weighted by molar-refractivity contribution is 6.31. The molecule has 0 spiro atoms. The number of ether oxygens (including phenoxy) is 1. The topological polar surface area (TPSA) is 95.9 Å². The van der Waals surface area contributed by atoms with E-state index in [2.05, 4.69) is 5.43 Å². The average molecular weight is 414 g/mol. The molecule has 3 aromatic carbocycles. The Bertz CT molecular complexity index is 1170. The maximum Gasteiger partial charge on any atom is 0.335 e. The van der Waals surface area contributed by atoms with Crippen LogP contribution in [-0.2, 0) is 16.2 Å². The number of amides is 2. The molecule has 31 heavy (non-hydrogen) atoms. The van der Waals surface area contributed by atoms with Gasteiger partial charge in [-0.1, -0.05) is 42.5 Å². The molecule has 0 saturated carbocycles. The molecule has 0 radical (unpaired) electrons. The molecule has 1 saturated heterocycles. The van der Waals surface area contributed by atoms with Crippen LogP contribution in [0.4, 0.5) is 5.69 Å². The van der Waals surface area contributed by atoms with Crippen molar-refractivity contribution in [3.63, 3.8) is 0 Å². The first kappa shape index (κ1) is 19.9. The third-order valence-corrected chi connectivity index (χ3v) is 4.68. The first-order valence-electron chi connectivity index (χ1n) is 9.48. The molecule has 2 amide bonds. The number of carboxylic acid groups (broad SMARTS) is 1. The van der Waals surface area contributed by atoms with E-state index in [4.69, 9.17) is 9.84 Å². The summed E-state index contributed by atoms with van der Waals surface area (Å²) in [5.41, 5.74) is 4.85. The molecule has 154 valence electrons. The van der Waals surface area contributed by atoms with Crippen molar-refractivity contribution < 1.29 is 24.2 Å². The summed E-state index contributed by atoms with van der Waals surface area (Å²) in [5.74, 6) is -1.33. The van der Waals surface area contributed by atoms with Gasteiger partial charge in [-0.25, -0.2) is 9.80 Å². The number of hydrogen-bond donors (Lipinski definition) is 2. The van der Waals surface area contributed by atoms with Crippen LogP contribution in [0.15, 0.2) is 84.4 Å². The second kappa shape index (κ2) is 8.54. The van der Waals surface area contributed by atoms with Crippen molar-refractivity contribution in [2.75, 3.05) is 5.01 Å². The highest BCUT2D eigenvalue weighted by Crippen LogP contribution is 2.23. The summed E-state index contributed by atoms with van der Waals surface area (Å²) >= 11 is 0. The minimum Gasteiger partial charge on any atom is -0.489 e. The van der Waals surface area contributed by atoms with Crippen molar-refractivity contribution in [1.82, 2.24) is 5.43 Å². The molecule has 0 aliphatic carbocycles. The molecule has 4 rings (SSSR count). The Labute approximate surface area is 178 Å². The number of nitrogens with one attached hydrogen (secondary N) is 1. The highest BCUT2D eigenvalue weighted by Gasteiger charge is 2.34. The van der Waals surface area contributed by atoms with Crippen molar-refractivity contribution in [1.29, 1.82) is 0 Å². The summed E-state index contributed by atoms with van der Waals surface area (Å²) in [6, 6.07) is 22.3. The Morgan fingerprint density at radius 1 is 0.968 bits per heavy atom. The molecule has 7 heteroatoms. The molecule has 3 aromatic rings. The lowest BCUT2D eigenvalue weighted by molar-refractivity contribution is -0.117. The summed E-state index contributed by atoms with van der Waals surface area (Å²) in [5, 5.41) is 10.2. The first-order valence-corrected chi connectivity index (χ1v) is 9.48. The number of hydrazine groups is 1. The van der Waals surface area contributed by atoms with Crippen LogP contribution in [0.1, 0.15) is 21.5 Å². The van der Waals surface area contributed by atoms with Gasteiger partial charge >= 0.3 is 5.97 Å². The number of carbonyl (C=O) groups is 3. The van der Waals surface area contributed by atoms with E-state index in [-0.39, 0.29) is 17.7 Å². The molecule has 1 aliphatic rings. The van der Waals surface area contributed by atoms with E-state index in [1.165, 1.54) is 23.2 Å². The second-order valence-electron chi connectivity index (χ2n) is 6.84. The Morgan fingerprint density at radius 2 is 1.71 bits per heavy atom. The van der Waals surface area contributed by atoms with Gasteiger partial charge in [0.1, 0.15) is 17.9 Å². The number of hydrogen-bond acceptors (Lipinski definition) is 4. The number of carbonyl (C=O) groups excluding carboxylic acids is 2. The predicted octanol–water partition coefficient (Wildman–Crippen LogP) is 3.43. The molecule has 0 atom stereocenters. The largest absolute Gasteiger partial charge is 0.489 e. The zero-order valence-corrected chi connectivity index (χ0v) is 16.3. The van der Waals surface area contributed by atoms with Gasteiger partial charge in [0.2, 0.25) is 0 Å². The van der Waals surface area contributed by atoms with E-state index in [9.17, 15) is 14.4 Å². The number of para-hydroxylation sites is 1. The van der Waals surface area contributed by atoms with Crippen LogP contribution in [0.5, 0.6) is 5.75 Å². The number of carboxylic acids is 1. The average Bonchev–Trinajstić information content (AvgIpc) is 3.07. The van der Waals surface area contributed by atoms with Crippen LogP contribution in [0.25, 0.3) is 6.08 Å². The molecule has 7 nitrogen and oxygen atoms in total. The summed E-state index contributed by atoms with van der Waals surface area (Å²) in [4.78, 5) is 35.9. The van der Waals surface area contributed by atoms with Gasteiger partial charge in [0.25, 0.3) is 11.8 Å². The van der Waals surface area contributed by atoms with Crippen molar-refractivity contribution in [3.8, 4) is 5.75 Å². The van der Waals surface area contributed by atoms with Crippen LogP contribution in [0.3, 0.4) is 0 Å². The molecular weight excluding hydrogens is 396 g/mol. The second-order valence-corrected chi connectivity index (χ2v) is 6.84. The van der Waals surface area contributed by atoms with Crippen LogP contribution in [0, 0.1) is 0 Å². The summed E-state index contributed by atoms with van der Waals surface area (Å²) < 4.78 is 5.77. The van der Waals surface area contributed by atoms with E-state index in [1.807, 2.05) is 6.07 Å². The maximum absolute atomic E-state index is 12.7. The smallest absolute Gasteiger partial charge is 0.335 e. The minimum atomic E-state index is -0.982. The van der Waals surface area contributed by atoms with Crippen LogP contribution in [0.2, 0.25) is 0 Å². The fraction of sp³-hybridized carbons (Fsp3) is 0.0417. The van der Waals surface area contributed by atoms with Crippen molar-refractivity contribution in [3.05, 3.63) is 101 Å². The Kier molecular flexibility index (Phi) is 5.49. The number of rotatable bonds is 6. The molecular formula is C24H18N2O5. The normalized spacial score (nSPS) is 14.6. The third-order valence-electron chi connectivity index (χ3n) is 4.68. The lowest BCUT2D eigenvalue weighted by Crippen LogP contribution is -2.35. The first-order chi connectivity index (χ1) is 15.0. The number of benzene rings is 3. The Morgan fingerprint density at radius 3 is 2.42 bits per heavy atom. The van der Waals surface area contributed by atoms with Gasteiger partial charge in [-0.2, -0.15) is 0 Å². The van der Waals surface area contributed by atoms with Crippen molar-refractivity contribution >= 4 is 29.5 Å². The van der Waals surface area contributed by atoms with Crippen molar-refractivity contribution in [2.45, 2.75) is 6.61 Å². The quantitative estimate of drug-likeness (QED) is 0.476. The van der Waals surface area contributed by atoms with E-state index in [0.29, 0.717) is 17.0 Å². The molecule has 0 aromatic heterocycles. The summed E-state index contributed by atoms with van der Waals surface area (Å²) in [6.45, 7) is 0.251. The van der Waals surface area contributed by atoms with Crippen LogP contribution < -0.4 is 15.2 Å². The summed E-state index contributed by atoms with van der Waals surface area (Å²) in [7, 11) is 0. The lowest BCUT2D eigenvalue weighted by Gasteiger charge is -2.13. The van der Waals surface area contributed by atoms with Crippen molar-refractivity contribution in [2.24, 2.45) is 0 Å². The van der Waals surface area contributed by atoms with E-state index < -0.39 is 17.8 Å². The molecule has 1 fully saturated rings. The predicted molar refractivity (Wildman–Crippen MR) is 114 cm³/mol. The van der Waals surface area contributed by atoms with E-state index in [0.717, 1.165) is 5.56 Å². The van der Waals surface area contributed by atoms with Gasteiger partial charge in [-0.15, -0.1) is 0 Å². The maximum atomic E-state index is 12.7. The Balaban J connectivity index is 1.48. The van der Waals surface area contributed by atoms with Gasteiger partial charge in [-0.05, 0) is 53.6 Å². The minimum absolute atomic E-state index is 0.0327.